The molecule has 0 unspecified atom stereocenters. The van der Waals surface area contributed by atoms with Crippen LogP contribution in [-0.2, 0) is 6.54 Å². The fraction of sp³-hybridized carbons (Fsp3) is 0.250. The number of hydrogen-bond acceptors (Lipinski definition) is 1. The van der Waals surface area contributed by atoms with E-state index in [2.05, 4.69) is 42.7 Å². The molecule has 0 spiro atoms. The Balaban J connectivity index is 2.68. The van der Waals surface area contributed by atoms with E-state index in [0.29, 0.717) is 5.75 Å². The molecule has 3 rings (SSSR count). The first-order chi connectivity index (χ1) is 8.65. The van der Waals surface area contributed by atoms with E-state index in [4.69, 9.17) is 0 Å². The Morgan fingerprint density at radius 3 is 2.39 bits per heavy atom. The van der Waals surface area contributed by atoms with Gasteiger partial charge in [-0.05, 0) is 44.0 Å². The summed E-state index contributed by atoms with van der Waals surface area (Å²) in [7, 11) is 0. The third-order valence-corrected chi connectivity index (χ3v) is 3.76. The van der Waals surface area contributed by atoms with E-state index in [1.54, 1.807) is 0 Å². The van der Waals surface area contributed by atoms with Gasteiger partial charge >= 0.3 is 0 Å². The number of aryl methyl sites for hydroxylation is 3. The standard InChI is InChI=1S/C16H17NO/c1-4-17-12-7-5-6-10(2)14(12)15-13(17)9-8-11(3)16(15)18/h5-9,18H,4H2,1-3H3. The van der Waals surface area contributed by atoms with Crippen molar-refractivity contribution >= 4 is 21.8 Å². The summed E-state index contributed by atoms with van der Waals surface area (Å²) in [5, 5.41) is 12.5. The molecule has 0 bridgehead atoms. The SMILES string of the molecule is CCn1c2cccc(C)c2c2c(O)c(C)ccc21. The molecule has 2 aromatic carbocycles. The van der Waals surface area contributed by atoms with Crippen molar-refractivity contribution in [1.82, 2.24) is 4.57 Å². The van der Waals surface area contributed by atoms with Gasteiger partial charge in [0.2, 0.25) is 0 Å². The fourth-order valence-electron chi connectivity index (χ4n) is 2.83. The maximum atomic E-state index is 10.4. The highest BCUT2D eigenvalue weighted by Gasteiger charge is 2.15. The molecule has 1 aromatic heterocycles. The largest absolute Gasteiger partial charge is 0.507 e. The van der Waals surface area contributed by atoms with Crippen molar-refractivity contribution < 1.29 is 5.11 Å². The molecule has 1 heterocycles. The van der Waals surface area contributed by atoms with Crippen molar-refractivity contribution in [3.05, 3.63) is 41.5 Å². The Morgan fingerprint density at radius 1 is 0.944 bits per heavy atom. The molecule has 0 atom stereocenters. The van der Waals surface area contributed by atoms with Gasteiger partial charge in [-0.15, -0.1) is 0 Å². The molecule has 18 heavy (non-hydrogen) atoms. The molecule has 0 aliphatic rings. The zero-order valence-corrected chi connectivity index (χ0v) is 11.0. The summed E-state index contributed by atoms with van der Waals surface area (Å²) in [5.41, 5.74) is 4.46. The van der Waals surface area contributed by atoms with Gasteiger partial charge < -0.3 is 9.67 Å². The predicted octanol–water partition coefficient (Wildman–Crippen LogP) is 4.14. The molecule has 0 radical (unpaired) electrons. The van der Waals surface area contributed by atoms with Gasteiger partial charge in [0, 0.05) is 22.8 Å². The summed E-state index contributed by atoms with van der Waals surface area (Å²) in [6.45, 7) is 7.09. The van der Waals surface area contributed by atoms with Crippen LogP contribution in [-0.4, -0.2) is 9.67 Å². The van der Waals surface area contributed by atoms with Crippen molar-refractivity contribution in [2.45, 2.75) is 27.3 Å². The van der Waals surface area contributed by atoms with Crippen molar-refractivity contribution in [3.8, 4) is 5.75 Å². The lowest BCUT2D eigenvalue weighted by Gasteiger charge is -2.04. The molecular formula is C16H17NO. The van der Waals surface area contributed by atoms with Crippen LogP contribution in [0.4, 0.5) is 0 Å². The lowest BCUT2D eigenvalue weighted by atomic mass is 10.0. The zero-order chi connectivity index (χ0) is 12.9. The van der Waals surface area contributed by atoms with Crippen molar-refractivity contribution in [2.24, 2.45) is 0 Å². The number of hydrogen-bond donors (Lipinski definition) is 1. The number of rotatable bonds is 1. The van der Waals surface area contributed by atoms with Crippen LogP contribution in [0.15, 0.2) is 30.3 Å². The molecule has 0 aliphatic carbocycles. The summed E-state index contributed by atoms with van der Waals surface area (Å²) in [4.78, 5) is 0. The molecule has 1 N–H and O–H groups in total. The van der Waals surface area contributed by atoms with Crippen molar-refractivity contribution in [3.63, 3.8) is 0 Å². The lowest BCUT2D eigenvalue weighted by molar-refractivity contribution is 0.478. The first-order valence-electron chi connectivity index (χ1n) is 6.35. The van der Waals surface area contributed by atoms with Crippen LogP contribution in [0.25, 0.3) is 21.8 Å². The number of phenols is 1. The molecule has 2 nitrogen and oxygen atoms in total. The molecule has 92 valence electrons. The maximum absolute atomic E-state index is 10.4. The molecule has 2 heteroatoms. The molecule has 0 fully saturated rings. The van der Waals surface area contributed by atoms with Gasteiger partial charge in [0.05, 0.1) is 5.52 Å². The smallest absolute Gasteiger partial charge is 0.128 e. The Kier molecular flexibility index (Phi) is 2.34. The van der Waals surface area contributed by atoms with Crippen LogP contribution >= 0.6 is 0 Å². The quantitative estimate of drug-likeness (QED) is 0.678. The summed E-state index contributed by atoms with van der Waals surface area (Å²) < 4.78 is 2.26. The molecule has 0 saturated heterocycles. The van der Waals surface area contributed by atoms with Gasteiger partial charge in [0.1, 0.15) is 5.75 Å². The van der Waals surface area contributed by atoms with E-state index in [1.165, 1.54) is 16.5 Å². The van der Waals surface area contributed by atoms with Gasteiger partial charge in [-0.2, -0.15) is 0 Å². The summed E-state index contributed by atoms with van der Waals surface area (Å²) in [6, 6.07) is 10.4. The Morgan fingerprint density at radius 2 is 1.67 bits per heavy atom. The van der Waals surface area contributed by atoms with Crippen LogP contribution in [0.2, 0.25) is 0 Å². The number of aromatic nitrogens is 1. The predicted molar refractivity (Wildman–Crippen MR) is 76.3 cm³/mol. The van der Waals surface area contributed by atoms with Gasteiger partial charge in [-0.1, -0.05) is 18.2 Å². The van der Waals surface area contributed by atoms with Crippen LogP contribution in [0, 0.1) is 13.8 Å². The number of nitrogens with zero attached hydrogens (tertiary/aromatic N) is 1. The van der Waals surface area contributed by atoms with E-state index in [1.807, 2.05) is 13.0 Å². The van der Waals surface area contributed by atoms with E-state index >= 15 is 0 Å². The summed E-state index contributed by atoms with van der Waals surface area (Å²) in [5.74, 6) is 0.416. The number of aromatic hydroxyl groups is 1. The Bertz CT molecular complexity index is 753. The highest BCUT2D eigenvalue weighted by Crippen LogP contribution is 2.38. The summed E-state index contributed by atoms with van der Waals surface area (Å²) >= 11 is 0. The monoisotopic (exact) mass is 239 g/mol. The summed E-state index contributed by atoms with van der Waals surface area (Å²) in [6.07, 6.45) is 0. The van der Waals surface area contributed by atoms with Crippen molar-refractivity contribution in [2.75, 3.05) is 0 Å². The number of fused-ring (bicyclic) bond motifs is 3. The van der Waals surface area contributed by atoms with E-state index in [-0.39, 0.29) is 0 Å². The highest BCUT2D eigenvalue weighted by atomic mass is 16.3. The fourth-order valence-corrected chi connectivity index (χ4v) is 2.83. The third kappa shape index (κ3) is 1.29. The van der Waals surface area contributed by atoms with Crippen LogP contribution < -0.4 is 0 Å². The second-order valence-electron chi connectivity index (χ2n) is 4.84. The average Bonchev–Trinajstić information content (AvgIpc) is 2.69. The lowest BCUT2D eigenvalue weighted by Crippen LogP contribution is -1.92. The van der Waals surface area contributed by atoms with Gasteiger partial charge in [-0.25, -0.2) is 0 Å². The van der Waals surface area contributed by atoms with E-state index in [0.717, 1.165) is 23.0 Å². The van der Waals surface area contributed by atoms with E-state index < -0.39 is 0 Å². The Hall–Kier alpha value is -1.96. The minimum atomic E-state index is 0.416. The minimum absolute atomic E-state index is 0.416. The molecular weight excluding hydrogens is 222 g/mol. The second kappa shape index (κ2) is 3.77. The minimum Gasteiger partial charge on any atom is -0.507 e. The molecule has 3 aromatic rings. The van der Waals surface area contributed by atoms with Crippen LogP contribution in [0.5, 0.6) is 5.75 Å². The number of benzene rings is 2. The van der Waals surface area contributed by atoms with E-state index in [9.17, 15) is 5.11 Å². The Labute approximate surface area is 106 Å². The third-order valence-electron chi connectivity index (χ3n) is 3.76. The first-order valence-corrected chi connectivity index (χ1v) is 6.35. The maximum Gasteiger partial charge on any atom is 0.128 e. The van der Waals surface area contributed by atoms with Crippen LogP contribution in [0.3, 0.4) is 0 Å². The van der Waals surface area contributed by atoms with Gasteiger partial charge in [0.15, 0.2) is 0 Å². The zero-order valence-electron chi connectivity index (χ0n) is 11.0. The van der Waals surface area contributed by atoms with Crippen molar-refractivity contribution in [1.29, 1.82) is 0 Å². The average molecular weight is 239 g/mol. The number of phenolic OH excluding ortho intramolecular Hbond substituents is 1. The van der Waals surface area contributed by atoms with Gasteiger partial charge in [-0.3, -0.25) is 0 Å². The molecule has 0 saturated carbocycles. The van der Waals surface area contributed by atoms with Crippen LogP contribution in [0.1, 0.15) is 18.1 Å². The highest BCUT2D eigenvalue weighted by molar-refractivity contribution is 6.12. The normalized spacial score (nSPS) is 11.5. The first kappa shape index (κ1) is 11.1. The van der Waals surface area contributed by atoms with Gasteiger partial charge in [0.25, 0.3) is 0 Å². The molecule has 0 aliphatic heterocycles. The topological polar surface area (TPSA) is 25.2 Å². The second-order valence-corrected chi connectivity index (χ2v) is 4.84. The molecule has 0 amide bonds.